The van der Waals surface area contributed by atoms with Crippen LogP contribution in [0.25, 0.3) is 17.2 Å². The molecule has 4 rings (SSSR count). The fraction of sp³-hybridized carbons (Fsp3) is 0.448. The van der Waals surface area contributed by atoms with Crippen LogP contribution in [0, 0.1) is 0 Å². The third-order valence-corrected chi connectivity index (χ3v) is 6.91. The summed E-state index contributed by atoms with van der Waals surface area (Å²) < 4.78 is 80.8. The van der Waals surface area contributed by atoms with Gasteiger partial charge in [-0.05, 0) is 72.2 Å². The highest BCUT2D eigenvalue weighted by atomic mass is 19.4. The number of hydrogen-bond donors (Lipinski definition) is 1. The van der Waals surface area contributed by atoms with Crippen LogP contribution >= 0.6 is 0 Å². The SMILES string of the molecule is CC(C)(C)c1cc(-c2cc(C(F)(F)F)[nH]n2)nc(C(C)(C)c2cc(C(C)(C)C)cc(-n3ccc(C(F)(F)F)n3)n2)c1. The summed E-state index contributed by atoms with van der Waals surface area (Å²) in [4.78, 5) is 9.44. The molecule has 41 heavy (non-hydrogen) atoms. The zero-order valence-electron chi connectivity index (χ0n) is 24.0. The molecule has 6 nitrogen and oxygen atoms in total. The Bertz CT molecular complexity index is 1450. The van der Waals surface area contributed by atoms with Crippen molar-refractivity contribution in [3.05, 3.63) is 76.5 Å². The molecule has 0 amide bonds. The van der Waals surface area contributed by atoms with Gasteiger partial charge in [-0.3, -0.25) is 10.1 Å². The third-order valence-electron chi connectivity index (χ3n) is 6.91. The van der Waals surface area contributed by atoms with Crippen molar-refractivity contribution < 1.29 is 26.3 Å². The van der Waals surface area contributed by atoms with Crippen molar-refractivity contribution in [1.82, 2.24) is 29.9 Å². The highest BCUT2D eigenvalue weighted by molar-refractivity contribution is 5.58. The highest BCUT2D eigenvalue weighted by Gasteiger charge is 2.36. The van der Waals surface area contributed by atoms with Crippen LogP contribution in [0.1, 0.15) is 89.3 Å². The summed E-state index contributed by atoms with van der Waals surface area (Å²) in [5.74, 6) is 0.199. The standard InChI is InChI=1S/C29H32F6N6/c1-25(2,3)16-11-18(19-15-23(39-38-19)29(33,34)35)36-21(12-16)27(7,8)22-13-17(26(4,5)6)14-24(37-22)41-10-9-20(40-41)28(30,31)32/h9-15H,1-8H3,(H,38,39). The van der Waals surface area contributed by atoms with E-state index < -0.39 is 34.6 Å². The molecule has 0 saturated carbocycles. The number of alkyl halides is 6. The average molecular weight is 579 g/mol. The molecular weight excluding hydrogens is 546 g/mol. The Morgan fingerprint density at radius 1 is 0.634 bits per heavy atom. The van der Waals surface area contributed by atoms with Crippen molar-refractivity contribution >= 4 is 0 Å². The quantitative estimate of drug-likeness (QED) is 0.249. The van der Waals surface area contributed by atoms with E-state index in [4.69, 9.17) is 9.97 Å². The van der Waals surface area contributed by atoms with Crippen LogP contribution < -0.4 is 0 Å². The maximum Gasteiger partial charge on any atom is 0.435 e. The van der Waals surface area contributed by atoms with E-state index in [-0.39, 0.29) is 22.6 Å². The minimum atomic E-state index is -4.61. The molecule has 0 atom stereocenters. The van der Waals surface area contributed by atoms with E-state index in [0.29, 0.717) is 11.4 Å². The zero-order valence-corrected chi connectivity index (χ0v) is 24.0. The Morgan fingerprint density at radius 3 is 1.68 bits per heavy atom. The summed E-state index contributed by atoms with van der Waals surface area (Å²) in [5.41, 5.74) is -0.799. The second-order valence-corrected chi connectivity index (χ2v) is 12.7. The fourth-order valence-electron chi connectivity index (χ4n) is 4.13. The molecule has 0 unspecified atom stereocenters. The van der Waals surface area contributed by atoms with E-state index in [1.807, 2.05) is 72.6 Å². The first kappa shape index (κ1) is 30.3. The molecule has 0 aliphatic rings. The molecule has 4 aromatic rings. The summed E-state index contributed by atoms with van der Waals surface area (Å²) in [6.07, 6.45) is -8.00. The summed E-state index contributed by atoms with van der Waals surface area (Å²) in [5, 5.41) is 9.61. The minimum Gasteiger partial charge on any atom is -0.273 e. The Morgan fingerprint density at radius 2 is 1.20 bits per heavy atom. The molecule has 1 N–H and O–H groups in total. The highest BCUT2D eigenvalue weighted by Crippen LogP contribution is 2.38. The van der Waals surface area contributed by atoms with Crippen LogP contribution in [0.2, 0.25) is 0 Å². The first-order chi connectivity index (χ1) is 18.6. The van der Waals surface area contributed by atoms with Gasteiger partial charge in [0.25, 0.3) is 0 Å². The lowest BCUT2D eigenvalue weighted by atomic mass is 9.78. The van der Waals surface area contributed by atoms with Gasteiger partial charge in [0.15, 0.2) is 11.5 Å². The van der Waals surface area contributed by atoms with Crippen molar-refractivity contribution in [2.24, 2.45) is 0 Å². The number of pyridine rings is 2. The van der Waals surface area contributed by atoms with E-state index in [0.717, 1.165) is 27.9 Å². The van der Waals surface area contributed by atoms with Crippen molar-refractivity contribution in [3.63, 3.8) is 0 Å². The molecule has 4 aromatic heterocycles. The molecule has 0 aliphatic carbocycles. The minimum absolute atomic E-state index is 0.0359. The van der Waals surface area contributed by atoms with Crippen LogP contribution in [0.5, 0.6) is 0 Å². The van der Waals surface area contributed by atoms with Gasteiger partial charge in [0.2, 0.25) is 0 Å². The number of aromatic amines is 1. The Kier molecular flexibility index (Phi) is 7.16. The first-order valence-electron chi connectivity index (χ1n) is 12.9. The number of nitrogens with one attached hydrogen (secondary N) is 1. The maximum absolute atomic E-state index is 13.3. The smallest absolute Gasteiger partial charge is 0.273 e. The molecule has 0 aliphatic heterocycles. The number of nitrogens with zero attached hydrogens (tertiary/aromatic N) is 5. The van der Waals surface area contributed by atoms with E-state index in [1.165, 1.54) is 6.20 Å². The lowest BCUT2D eigenvalue weighted by molar-refractivity contribution is -0.142. The lowest BCUT2D eigenvalue weighted by Crippen LogP contribution is -2.26. The summed E-state index contributed by atoms with van der Waals surface area (Å²) in [7, 11) is 0. The van der Waals surface area contributed by atoms with Gasteiger partial charge in [0.1, 0.15) is 11.4 Å². The molecule has 220 valence electrons. The maximum atomic E-state index is 13.3. The average Bonchev–Trinajstić information content (AvgIpc) is 3.53. The number of halogens is 6. The molecule has 0 bridgehead atoms. The van der Waals surface area contributed by atoms with Crippen molar-refractivity contribution in [1.29, 1.82) is 0 Å². The van der Waals surface area contributed by atoms with Gasteiger partial charge in [0, 0.05) is 11.6 Å². The van der Waals surface area contributed by atoms with Crippen molar-refractivity contribution in [2.75, 3.05) is 0 Å². The number of H-pyrrole nitrogens is 1. The van der Waals surface area contributed by atoms with Gasteiger partial charge in [-0.1, -0.05) is 41.5 Å². The zero-order chi connectivity index (χ0) is 30.8. The summed E-state index contributed by atoms with van der Waals surface area (Å²) >= 11 is 0. The number of aromatic nitrogens is 6. The summed E-state index contributed by atoms with van der Waals surface area (Å²) in [6, 6.07) is 8.96. The molecule has 0 saturated heterocycles. The lowest BCUT2D eigenvalue weighted by Gasteiger charge is -2.29. The topological polar surface area (TPSA) is 72.3 Å². The van der Waals surface area contributed by atoms with Crippen LogP contribution in [0.3, 0.4) is 0 Å². The predicted octanol–water partition coefficient (Wildman–Crippen LogP) is 8.01. The first-order valence-corrected chi connectivity index (χ1v) is 12.9. The second kappa shape index (κ2) is 9.70. The molecule has 0 radical (unpaired) electrons. The van der Waals surface area contributed by atoms with E-state index in [2.05, 4.69) is 10.2 Å². The van der Waals surface area contributed by atoms with Gasteiger partial charge in [0.05, 0.1) is 17.1 Å². The van der Waals surface area contributed by atoms with E-state index in [9.17, 15) is 26.3 Å². The largest absolute Gasteiger partial charge is 0.435 e. The van der Waals surface area contributed by atoms with Gasteiger partial charge in [-0.2, -0.15) is 36.5 Å². The summed E-state index contributed by atoms with van der Waals surface area (Å²) in [6.45, 7) is 15.6. The molecular formula is C29H32F6N6. The van der Waals surface area contributed by atoms with Gasteiger partial charge < -0.3 is 0 Å². The van der Waals surface area contributed by atoms with E-state index >= 15 is 0 Å². The second-order valence-electron chi connectivity index (χ2n) is 12.7. The van der Waals surface area contributed by atoms with Crippen LogP contribution in [-0.4, -0.2) is 29.9 Å². The van der Waals surface area contributed by atoms with Crippen LogP contribution in [0.15, 0.2) is 42.6 Å². The Labute approximate surface area is 234 Å². The molecule has 0 aromatic carbocycles. The van der Waals surface area contributed by atoms with Gasteiger partial charge in [-0.15, -0.1) is 0 Å². The number of rotatable bonds is 4. The van der Waals surface area contributed by atoms with E-state index in [1.54, 1.807) is 12.1 Å². The molecule has 0 fully saturated rings. The van der Waals surface area contributed by atoms with Crippen molar-refractivity contribution in [2.45, 2.75) is 84.0 Å². The monoisotopic (exact) mass is 578 g/mol. The Balaban J connectivity index is 1.91. The van der Waals surface area contributed by atoms with Crippen LogP contribution in [0.4, 0.5) is 26.3 Å². The van der Waals surface area contributed by atoms with Crippen LogP contribution in [-0.2, 0) is 28.6 Å². The Hall–Kier alpha value is -3.70. The number of hydrogen-bond acceptors (Lipinski definition) is 4. The molecule has 4 heterocycles. The third kappa shape index (κ3) is 6.31. The van der Waals surface area contributed by atoms with Gasteiger partial charge in [-0.25, -0.2) is 9.67 Å². The molecule has 0 spiro atoms. The predicted molar refractivity (Wildman–Crippen MR) is 143 cm³/mol. The van der Waals surface area contributed by atoms with Crippen molar-refractivity contribution in [3.8, 4) is 17.2 Å². The normalized spacial score (nSPS) is 13.6. The molecule has 12 heteroatoms. The van der Waals surface area contributed by atoms with Gasteiger partial charge >= 0.3 is 12.4 Å². The fourth-order valence-corrected chi connectivity index (χ4v) is 4.13.